The third-order valence-corrected chi connectivity index (χ3v) is 5.93. The van der Waals surface area contributed by atoms with E-state index in [4.69, 9.17) is 0 Å². The molecular formula is C19H17NO2. The molecule has 0 spiro atoms. The molecule has 0 N–H and O–H groups in total. The third kappa shape index (κ3) is 1.41. The molecular weight excluding hydrogens is 274 g/mol. The van der Waals surface area contributed by atoms with E-state index in [0.29, 0.717) is 11.8 Å². The lowest BCUT2D eigenvalue weighted by atomic mass is 9.81. The van der Waals surface area contributed by atoms with Crippen LogP contribution in [-0.2, 0) is 9.59 Å². The standard InChI is InChI=1S/C19H17NO2/c21-18-16-12-8-9-13(10-12)17(16)19(22)20(18)15-7-3-5-11-4-1-2-6-14(11)15/h1-7,12-13,16-17H,8-10H2/t12-,13+,16+,17-. The number of rotatable bonds is 1. The summed E-state index contributed by atoms with van der Waals surface area (Å²) in [4.78, 5) is 27.4. The van der Waals surface area contributed by atoms with Crippen LogP contribution in [0, 0.1) is 23.7 Å². The Morgan fingerprint density at radius 3 is 2.18 bits per heavy atom. The fourth-order valence-electron chi connectivity index (χ4n) is 5.05. The summed E-state index contributed by atoms with van der Waals surface area (Å²) in [5.74, 6) is 0.852. The van der Waals surface area contributed by atoms with E-state index in [2.05, 4.69) is 0 Å². The molecule has 5 rings (SSSR count). The summed E-state index contributed by atoms with van der Waals surface area (Å²) in [6, 6.07) is 13.8. The number of carbonyl (C=O) groups excluding carboxylic acids is 2. The Hall–Kier alpha value is -2.16. The van der Waals surface area contributed by atoms with Crippen LogP contribution in [0.3, 0.4) is 0 Å². The molecule has 2 aliphatic carbocycles. The zero-order valence-corrected chi connectivity index (χ0v) is 12.2. The van der Waals surface area contributed by atoms with E-state index in [1.807, 2.05) is 42.5 Å². The molecule has 0 radical (unpaired) electrons. The fourth-order valence-corrected chi connectivity index (χ4v) is 5.05. The lowest BCUT2D eigenvalue weighted by Gasteiger charge is -2.19. The number of nitrogens with zero attached hydrogens (tertiary/aromatic N) is 1. The molecule has 3 aliphatic rings. The molecule has 3 fully saturated rings. The topological polar surface area (TPSA) is 37.4 Å². The van der Waals surface area contributed by atoms with E-state index >= 15 is 0 Å². The average Bonchev–Trinajstić information content (AvgIpc) is 3.21. The number of hydrogen-bond donors (Lipinski definition) is 0. The van der Waals surface area contributed by atoms with Gasteiger partial charge < -0.3 is 0 Å². The van der Waals surface area contributed by atoms with Gasteiger partial charge in [0.15, 0.2) is 0 Å². The van der Waals surface area contributed by atoms with Crippen LogP contribution in [0.5, 0.6) is 0 Å². The molecule has 1 aliphatic heterocycles. The Bertz CT molecular complexity index is 779. The van der Waals surface area contributed by atoms with Gasteiger partial charge in [0.1, 0.15) is 0 Å². The Morgan fingerprint density at radius 2 is 1.45 bits per heavy atom. The van der Waals surface area contributed by atoms with Crippen LogP contribution >= 0.6 is 0 Å². The fraction of sp³-hybridized carbons (Fsp3) is 0.368. The highest BCUT2D eigenvalue weighted by molar-refractivity contribution is 6.25. The van der Waals surface area contributed by atoms with Crippen molar-refractivity contribution in [1.29, 1.82) is 0 Å². The SMILES string of the molecule is O=C1[C@@H]2[C@H]3CC[C@H](C3)[C@@H]2C(=O)N1c1cccc2ccccc12. The molecule has 0 aromatic heterocycles. The number of amides is 2. The maximum atomic E-state index is 12.9. The molecule has 22 heavy (non-hydrogen) atoms. The van der Waals surface area contributed by atoms with Crippen LogP contribution < -0.4 is 4.90 Å². The molecule has 110 valence electrons. The molecule has 3 nitrogen and oxygen atoms in total. The smallest absolute Gasteiger partial charge is 0.237 e. The van der Waals surface area contributed by atoms with Crippen molar-refractivity contribution in [2.45, 2.75) is 19.3 Å². The summed E-state index contributed by atoms with van der Waals surface area (Å²) in [5.41, 5.74) is 0.766. The highest BCUT2D eigenvalue weighted by atomic mass is 16.2. The van der Waals surface area contributed by atoms with Crippen LogP contribution in [0.4, 0.5) is 5.69 Å². The van der Waals surface area contributed by atoms with Gasteiger partial charge >= 0.3 is 0 Å². The van der Waals surface area contributed by atoms with Crippen molar-refractivity contribution >= 4 is 28.3 Å². The van der Waals surface area contributed by atoms with Gasteiger partial charge in [0.2, 0.25) is 11.8 Å². The minimum Gasteiger partial charge on any atom is -0.274 e. The van der Waals surface area contributed by atoms with E-state index in [1.165, 1.54) is 4.90 Å². The predicted molar refractivity (Wildman–Crippen MR) is 84.3 cm³/mol. The van der Waals surface area contributed by atoms with Gasteiger partial charge in [0.05, 0.1) is 17.5 Å². The van der Waals surface area contributed by atoms with Gasteiger partial charge in [-0.1, -0.05) is 36.4 Å². The minimum atomic E-state index is -0.0507. The summed E-state index contributed by atoms with van der Waals surface area (Å²) in [6.07, 6.45) is 3.32. The first kappa shape index (κ1) is 12.4. The summed E-state index contributed by atoms with van der Waals surface area (Å²) in [7, 11) is 0. The maximum absolute atomic E-state index is 12.9. The number of benzene rings is 2. The molecule has 2 bridgehead atoms. The number of imide groups is 1. The van der Waals surface area contributed by atoms with Gasteiger partial charge in [0.25, 0.3) is 0 Å². The Balaban J connectivity index is 1.66. The van der Waals surface area contributed by atoms with Gasteiger partial charge in [-0.15, -0.1) is 0 Å². The number of anilines is 1. The predicted octanol–water partition coefficient (Wildman–Crippen LogP) is 3.38. The lowest BCUT2D eigenvalue weighted by molar-refractivity contribution is -0.123. The van der Waals surface area contributed by atoms with Crippen molar-refractivity contribution in [2.75, 3.05) is 4.90 Å². The summed E-state index contributed by atoms with van der Waals surface area (Å²) in [6.45, 7) is 0. The Labute approximate surface area is 128 Å². The van der Waals surface area contributed by atoms with Gasteiger partial charge in [-0.05, 0) is 42.6 Å². The van der Waals surface area contributed by atoms with Crippen LogP contribution in [0.1, 0.15) is 19.3 Å². The molecule has 2 aromatic carbocycles. The van der Waals surface area contributed by atoms with E-state index in [-0.39, 0.29) is 23.7 Å². The van der Waals surface area contributed by atoms with Crippen LogP contribution in [-0.4, -0.2) is 11.8 Å². The number of fused-ring (bicyclic) bond motifs is 6. The molecule has 1 heterocycles. The first-order valence-electron chi connectivity index (χ1n) is 8.11. The number of carbonyl (C=O) groups is 2. The maximum Gasteiger partial charge on any atom is 0.237 e. The average molecular weight is 291 g/mol. The zero-order valence-electron chi connectivity index (χ0n) is 12.2. The summed E-state index contributed by atoms with van der Waals surface area (Å²) >= 11 is 0. The van der Waals surface area contributed by atoms with Gasteiger partial charge in [0, 0.05) is 5.39 Å². The largest absolute Gasteiger partial charge is 0.274 e. The van der Waals surface area contributed by atoms with E-state index < -0.39 is 0 Å². The van der Waals surface area contributed by atoms with E-state index in [1.54, 1.807) is 0 Å². The van der Waals surface area contributed by atoms with Crippen molar-refractivity contribution in [1.82, 2.24) is 0 Å². The number of hydrogen-bond acceptors (Lipinski definition) is 2. The molecule has 2 amide bonds. The van der Waals surface area contributed by atoms with Crippen molar-refractivity contribution < 1.29 is 9.59 Å². The van der Waals surface area contributed by atoms with Crippen LogP contribution in [0.15, 0.2) is 42.5 Å². The Morgan fingerprint density at radius 1 is 0.818 bits per heavy atom. The summed E-state index contributed by atoms with van der Waals surface area (Å²) < 4.78 is 0. The van der Waals surface area contributed by atoms with Gasteiger partial charge in [-0.25, -0.2) is 4.90 Å². The molecule has 2 aromatic rings. The second-order valence-electron chi connectivity index (χ2n) is 6.89. The highest BCUT2D eigenvalue weighted by Crippen LogP contribution is 2.56. The van der Waals surface area contributed by atoms with Gasteiger partial charge in [-0.2, -0.15) is 0 Å². The molecule has 1 saturated heterocycles. The second-order valence-corrected chi connectivity index (χ2v) is 6.89. The Kier molecular flexibility index (Phi) is 2.36. The molecule has 2 saturated carbocycles. The van der Waals surface area contributed by atoms with Crippen molar-refractivity contribution in [3.8, 4) is 0 Å². The lowest BCUT2D eigenvalue weighted by Crippen LogP contribution is -2.32. The second kappa shape index (κ2) is 4.19. The van der Waals surface area contributed by atoms with Crippen LogP contribution in [0.25, 0.3) is 10.8 Å². The van der Waals surface area contributed by atoms with E-state index in [9.17, 15) is 9.59 Å². The third-order valence-electron chi connectivity index (χ3n) is 5.93. The zero-order chi connectivity index (χ0) is 14.8. The quantitative estimate of drug-likeness (QED) is 0.755. The monoisotopic (exact) mass is 291 g/mol. The van der Waals surface area contributed by atoms with Crippen LogP contribution in [0.2, 0.25) is 0 Å². The minimum absolute atomic E-state index is 0.0403. The first-order valence-corrected chi connectivity index (χ1v) is 8.11. The normalized spacial score (nSPS) is 33.0. The summed E-state index contributed by atoms with van der Waals surface area (Å²) in [5, 5.41) is 2.06. The highest BCUT2D eigenvalue weighted by Gasteiger charge is 2.61. The van der Waals surface area contributed by atoms with Crippen molar-refractivity contribution in [3.05, 3.63) is 42.5 Å². The van der Waals surface area contributed by atoms with Gasteiger partial charge in [-0.3, -0.25) is 9.59 Å². The molecule has 0 unspecified atom stereocenters. The molecule has 3 heteroatoms. The van der Waals surface area contributed by atoms with E-state index in [0.717, 1.165) is 35.7 Å². The van der Waals surface area contributed by atoms with Crippen molar-refractivity contribution in [3.63, 3.8) is 0 Å². The first-order chi connectivity index (χ1) is 10.8. The molecule has 4 atom stereocenters. The van der Waals surface area contributed by atoms with Crippen molar-refractivity contribution in [2.24, 2.45) is 23.7 Å².